The number of nitrogens with one attached hydrogen (secondary N) is 3. The molecule has 0 aliphatic heterocycles. The van der Waals surface area contributed by atoms with Gasteiger partial charge in [0.1, 0.15) is 12.0 Å². The zero-order valence-corrected chi connectivity index (χ0v) is 13.9. The monoisotopic (exact) mass is 334 g/mol. The van der Waals surface area contributed by atoms with E-state index in [9.17, 15) is 4.79 Å². The van der Waals surface area contributed by atoms with Gasteiger partial charge in [0.15, 0.2) is 11.6 Å². The molecule has 1 aromatic carbocycles. The maximum Gasteiger partial charge on any atom is 0.269 e. The van der Waals surface area contributed by atoms with E-state index in [1.54, 1.807) is 24.3 Å². The van der Waals surface area contributed by atoms with E-state index in [2.05, 4.69) is 26.1 Å². The number of nitrogens with zero attached hydrogens (tertiary/aromatic N) is 2. The highest BCUT2D eigenvalue weighted by molar-refractivity contribution is 6.30. The first-order chi connectivity index (χ1) is 10.8. The lowest BCUT2D eigenvalue weighted by atomic mass is 10.1. The van der Waals surface area contributed by atoms with Crippen molar-refractivity contribution in [3.8, 4) is 0 Å². The number of amides is 1. The number of rotatable bonds is 4. The van der Waals surface area contributed by atoms with Crippen LogP contribution in [0.15, 0.2) is 30.6 Å². The van der Waals surface area contributed by atoms with Crippen LogP contribution < -0.4 is 21.9 Å². The topological polar surface area (TPSA) is 105 Å². The Hall–Kier alpha value is -2.54. The first-order valence-corrected chi connectivity index (χ1v) is 7.34. The molecule has 0 bridgehead atoms. The van der Waals surface area contributed by atoms with Gasteiger partial charge >= 0.3 is 0 Å². The van der Waals surface area contributed by atoms with E-state index >= 15 is 0 Å². The molecule has 8 heteroatoms. The maximum atomic E-state index is 12.1. The summed E-state index contributed by atoms with van der Waals surface area (Å²) >= 11 is 5.86. The summed E-state index contributed by atoms with van der Waals surface area (Å²) < 4.78 is 0. The van der Waals surface area contributed by atoms with E-state index < -0.39 is 0 Å². The maximum absolute atomic E-state index is 12.1. The van der Waals surface area contributed by atoms with Gasteiger partial charge in [0.05, 0.1) is 0 Å². The molecule has 0 aliphatic carbocycles. The number of nitrogens with two attached hydrogens (primary N) is 1. The van der Waals surface area contributed by atoms with Crippen molar-refractivity contribution < 1.29 is 4.79 Å². The molecular formula is C15H19ClN6O. The van der Waals surface area contributed by atoms with Crippen LogP contribution in [0.25, 0.3) is 0 Å². The molecule has 1 amide bonds. The van der Waals surface area contributed by atoms with Gasteiger partial charge in [-0.3, -0.25) is 15.6 Å². The van der Waals surface area contributed by atoms with E-state index in [0.29, 0.717) is 27.9 Å². The van der Waals surface area contributed by atoms with Crippen LogP contribution in [0.5, 0.6) is 0 Å². The molecular weight excluding hydrogens is 316 g/mol. The second-order valence-corrected chi connectivity index (χ2v) is 6.39. The highest BCUT2D eigenvalue weighted by atomic mass is 35.5. The standard InChI is InChI=1S/C15H19ClN6O/c1-15(2,3)20-12-11(17)13(19-8-18-12)21-22-14(23)9-5-4-6-10(16)7-9/h4-8H,17H2,1-3H3,(H,22,23)(H2,18,19,20,21). The number of anilines is 3. The minimum absolute atomic E-state index is 0.205. The van der Waals surface area contributed by atoms with Crippen molar-refractivity contribution >= 4 is 34.8 Å². The van der Waals surface area contributed by atoms with Crippen molar-refractivity contribution in [2.24, 2.45) is 0 Å². The Morgan fingerprint density at radius 2 is 1.91 bits per heavy atom. The summed E-state index contributed by atoms with van der Waals surface area (Å²) in [5.41, 5.74) is 11.8. The Labute approximate surface area is 139 Å². The number of benzene rings is 1. The van der Waals surface area contributed by atoms with Gasteiger partial charge in [0.2, 0.25) is 0 Å². The predicted octanol–water partition coefficient (Wildman–Crippen LogP) is 2.68. The molecule has 2 rings (SSSR count). The van der Waals surface area contributed by atoms with Crippen molar-refractivity contribution in [3.05, 3.63) is 41.2 Å². The highest BCUT2D eigenvalue weighted by Gasteiger charge is 2.15. The van der Waals surface area contributed by atoms with E-state index in [-0.39, 0.29) is 11.4 Å². The number of aromatic nitrogens is 2. The Bertz CT molecular complexity index is 713. The lowest BCUT2D eigenvalue weighted by Gasteiger charge is -2.22. The third kappa shape index (κ3) is 4.72. The molecule has 0 radical (unpaired) electrons. The third-order valence-electron chi connectivity index (χ3n) is 2.76. The Balaban J connectivity index is 2.09. The van der Waals surface area contributed by atoms with Gasteiger partial charge in [-0.05, 0) is 39.0 Å². The Morgan fingerprint density at radius 1 is 1.22 bits per heavy atom. The minimum Gasteiger partial charge on any atom is -0.393 e. The minimum atomic E-state index is -0.351. The zero-order valence-electron chi connectivity index (χ0n) is 13.1. The van der Waals surface area contributed by atoms with Crippen LogP contribution >= 0.6 is 11.6 Å². The molecule has 0 aliphatic rings. The molecule has 0 unspecified atom stereocenters. The molecule has 1 aromatic heterocycles. The summed E-state index contributed by atoms with van der Waals surface area (Å²) in [7, 11) is 0. The van der Waals surface area contributed by atoms with Gasteiger partial charge in [-0.15, -0.1) is 0 Å². The van der Waals surface area contributed by atoms with Crippen molar-refractivity contribution in [2.75, 3.05) is 16.5 Å². The number of carbonyl (C=O) groups is 1. The summed E-state index contributed by atoms with van der Waals surface area (Å²) in [6.45, 7) is 5.97. The first-order valence-electron chi connectivity index (χ1n) is 6.97. The zero-order chi connectivity index (χ0) is 17.0. The van der Waals surface area contributed by atoms with Gasteiger partial charge in [-0.25, -0.2) is 9.97 Å². The van der Waals surface area contributed by atoms with Crippen LogP contribution in [-0.2, 0) is 0 Å². The molecule has 1 heterocycles. The quantitative estimate of drug-likeness (QED) is 0.641. The van der Waals surface area contributed by atoms with Crippen LogP contribution in [0.2, 0.25) is 5.02 Å². The molecule has 2 aromatic rings. The predicted molar refractivity (Wildman–Crippen MR) is 92.4 cm³/mol. The smallest absolute Gasteiger partial charge is 0.269 e. The Morgan fingerprint density at radius 3 is 2.57 bits per heavy atom. The molecule has 5 N–H and O–H groups in total. The van der Waals surface area contributed by atoms with Crippen molar-refractivity contribution in [1.29, 1.82) is 0 Å². The summed E-state index contributed by atoms with van der Waals surface area (Å²) in [5.74, 6) is 0.449. The largest absolute Gasteiger partial charge is 0.393 e. The molecule has 0 spiro atoms. The fraction of sp³-hybridized carbons (Fsp3) is 0.267. The molecule has 0 saturated carbocycles. The summed E-state index contributed by atoms with van der Waals surface area (Å²) in [5, 5.41) is 3.65. The van der Waals surface area contributed by atoms with Crippen molar-refractivity contribution in [1.82, 2.24) is 15.4 Å². The highest BCUT2D eigenvalue weighted by Crippen LogP contribution is 2.24. The lowest BCUT2D eigenvalue weighted by Crippen LogP contribution is -2.31. The normalized spacial score (nSPS) is 11.0. The van der Waals surface area contributed by atoms with Crippen LogP contribution in [0, 0.1) is 0 Å². The second kappa shape index (κ2) is 6.70. The average molecular weight is 335 g/mol. The summed E-state index contributed by atoms with van der Waals surface area (Å²) in [4.78, 5) is 20.2. The Kier molecular flexibility index (Phi) is 4.90. The van der Waals surface area contributed by atoms with Gasteiger partial charge in [-0.2, -0.15) is 0 Å². The molecule has 7 nitrogen and oxygen atoms in total. The van der Waals surface area contributed by atoms with E-state index in [4.69, 9.17) is 17.3 Å². The molecule has 0 atom stereocenters. The fourth-order valence-electron chi connectivity index (χ4n) is 1.77. The number of nitrogen functional groups attached to an aromatic ring is 1. The summed E-state index contributed by atoms with van der Waals surface area (Å²) in [6, 6.07) is 6.60. The van der Waals surface area contributed by atoms with E-state index in [1.807, 2.05) is 20.8 Å². The van der Waals surface area contributed by atoms with E-state index in [1.165, 1.54) is 6.33 Å². The SMILES string of the molecule is CC(C)(C)Nc1ncnc(NNC(=O)c2cccc(Cl)c2)c1N. The van der Waals surface area contributed by atoms with Crippen LogP contribution in [0.4, 0.5) is 17.3 Å². The second-order valence-electron chi connectivity index (χ2n) is 5.95. The van der Waals surface area contributed by atoms with Crippen LogP contribution in [0.3, 0.4) is 0 Å². The number of hydrogen-bond acceptors (Lipinski definition) is 6. The third-order valence-corrected chi connectivity index (χ3v) is 2.99. The number of halogens is 1. The van der Waals surface area contributed by atoms with Crippen molar-refractivity contribution in [2.45, 2.75) is 26.3 Å². The lowest BCUT2D eigenvalue weighted by molar-refractivity contribution is 0.0962. The first kappa shape index (κ1) is 16.8. The average Bonchev–Trinajstić information content (AvgIpc) is 2.46. The van der Waals surface area contributed by atoms with Gasteiger partial charge in [0, 0.05) is 16.1 Å². The summed E-state index contributed by atoms with van der Waals surface area (Å²) in [6.07, 6.45) is 1.36. The van der Waals surface area contributed by atoms with Gasteiger partial charge in [0.25, 0.3) is 5.91 Å². The van der Waals surface area contributed by atoms with E-state index in [0.717, 1.165) is 0 Å². The van der Waals surface area contributed by atoms with Gasteiger partial charge in [-0.1, -0.05) is 17.7 Å². The number of carbonyl (C=O) groups excluding carboxylic acids is 1. The van der Waals surface area contributed by atoms with Gasteiger partial charge < -0.3 is 11.1 Å². The number of hydrazine groups is 1. The van der Waals surface area contributed by atoms with Crippen LogP contribution in [0.1, 0.15) is 31.1 Å². The van der Waals surface area contributed by atoms with Crippen LogP contribution in [-0.4, -0.2) is 21.4 Å². The molecule has 0 saturated heterocycles. The fourth-order valence-corrected chi connectivity index (χ4v) is 1.96. The molecule has 0 fully saturated rings. The number of hydrogen-bond donors (Lipinski definition) is 4. The molecule has 23 heavy (non-hydrogen) atoms. The van der Waals surface area contributed by atoms with Crippen molar-refractivity contribution in [3.63, 3.8) is 0 Å². The molecule has 122 valence electrons.